The van der Waals surface area contributed by atoms with Gasteiger partial charge in [0, 0.05) is 22.5 Å². The van der Waals surface area contributed by atoms with Crippen LogP contribution in [0.2, 0.25) is 0 Å². The first kappa shape index (κ1) is 14.3. The van der Waals surface area contributed by atoms with Crippen LogP contribution in [0.15, 0.2) is 10.5 Å². The molecule has 0 aliphatic carbocycles. The van der Waals surface area contributed by atoms with Crippen molar-refractivity contribution in [2.24, 2.45) is 0 Å². The Morgan fingerprint density at radius 3 is 2.32 bits per heavy atom. The summed E-state index contributed by atoms with van der Waals surface area (Å²) in [5.74, 6) is 1.97. The second-order valence-electron chi connectivity index (χ2n) is 5.16. The Hall–Kier alpha value is -1.13. The number of rotatable bonds is 4. The van der Waals surface area contributed by atoms with Crippen molar-refractivity contribution < 1.29 is 4.42 Å². The van der Waals surface area contributed by atoms with Crippen molar-refractivity contribution >= 4 is 11.3 Å². The minimum atomic E-state index is 0.272. The first-order chi connectivity index (χ1) is 8.88. The van der Waals surface area contributed by atoms with E-state index < -0.39 is 0 Å². The summed E-state index contributed by atoms with van der Waals surface area (Å²) in [6, 6.07) is 2.69. The minimum Gasteiger partial charge on any atom is -0.466 e. The van der Waals surface area contributed by atoms with Crippen molar-refractivity contribution in [3.05, 3.63) is 38.7 Å². The maximum atomic E-state index is 5.60. The molecule has 2 unspecified atom stereocenters. The van der Waals surface area contributed by atoms with Gasteiger partial charge in [0.1, 0.15) is 11.5 Å². The molecular formula is C15H22N2OS. The second kappa shape index (κ2) is 5.47. The molecule has 4 heteroatoms. The molecule has 0 radical (unpaired) electrons. The van der Waals surface area contributed by atoms with Crippen LogP contribution in [-0.2, 0) is 0 Å². The topological polar surface area (TPSA) is 38.1 Å². The van der Waals surface area contributed by atoms with Gasteiger partial charge in [-0.25, -0.2) is 4.98 Å². The molecule has 3 nitrogen and oxygen atoms in total. The van der Waals surface area contributed by atoms with E-state index in [-0.39, 0.29) is 6.04 Å². The Morgan fingerprint density at radius 1 is 1.16 bits per heavy atom. The fourth-order valence-corrected chi connectivity index (χ4v) is 3.51. The van der Waals surface area contributed by atoms with E-state index in [2.05, 4.69) is 44.1 Å². The monoisotopic (exact) mass is 278 g/mol. The lowest BCUT2D eigenvalue weighted by Gasteiger charge is -2.19. The van der Waals surface area contributed by atoms with E-state index in [1.165, 1.54) is 10.4 Å². The number of furan rings is 1. The number of thiazole rings is 1. The third-order valence-corrected chi connectivity index (χ3v) is 4.63. The van der Waals surface area contributed by atoms with E-state index in [0.29, 0.717) is 6.04 Å². The highest BCUT2D eigenvalue weighted by Crippen LogP contribution is 2.28. The van der Waals surface area contributed by atoms with Gasteiger partial charge >= 0.3 is 0 Å². The van der Waals surface area contributed by atoms with Crippen LogP contribution in [0.25, 0.3) is 0 Å². The van der Waals surface area contributed by atoms with Crippen molar-refractivity contribution in [3.8, 4) is 0 Å². The van der Waals surface area contributed by atoms with Crippen molar-refractivity contribution in [3.63, 3.8) is 0 Å². The maximum Gasteiger partial charge on any atom is 0.105 e. The van der Waals surface area contributed by atoms with Gasteiger partial charge in [0.2, 0.25) is 0 Å². The van der Waals surface area contributed by atoms with Gasteiger partial charge in [0.05, 0.1) is 10.7 Å². The quantitative estimate of drug-likeness (QED) is 0.901. The molecule has 104 valence electrons. The van der Waals surface area contributed by atoms with Crippen molar-refractivity contribution in [2.45, 2.75) is 53.6 Å². The molecule has 0 saturated carbocycles. The van der Waals surface area contributed by atoms with E-state index >= 15 is 0 Å². The van der Waals surface area contributed by atoms with Gasteiger partial charge in [0.25, 0.3) is 0 Å². The maximum absolute atomic E-state index is 5.60. The lowest BCUT2D eigenvalue weighted by Crippen LogP contribution is -2.22. The number of nitrogens with one attached hydrogen (secondary N) is 1. The smallest absolute Gasteiger partial charge is 0.105 e. The van der Waals surface area contributed by atoms with E-state index in [1.807, 2.05) is 13.8 Å². The summed E-state index contributed by atoms with van der Waals surface area (Å²) >= 11 is 1.77. The molecule has 0 aromatic carbocycles. The van der Waals surface area contributed by atoms with Crippen molar-refractivity contribution in [1.82, 2.24) is 10.3 Å². The number of aryl methyl sites for hydroxylation is 4. The molecule has 1 N–H and O–H groups in total. The molecule has 2 aromatic rings. The van der Waals surface area contributed by atoms with Crippen molar-refractivity contribution in [1.29, 1.82) is 0 Å². The number of aromatic nitrogens is 1. The Labute approximate surface area is 119 Å². The summed E-state index contributed by atoms with van der Waals surface area (Å²) in [4.78, 5) is 5.82. The highest BCUT2D eigenvalue weighted by molar-refractivity contribution is 7.11. The van der Waals surface area contributed by atoms with Gasteiger partial charge in [-0.3, -0.25) is 0 Å². The largest absolute Gasteiger partial charge is 0.466 e. The molecule has 0 saturated heterocycles. The molecule has 2 heterocycles. The fraction of sp³-hybridized carbons (Fsp3) is 0.533. The summed E-state index contributed by atoms with van der Waals surface area (Å²) in [6.07, 6.45) is 0. The summed E-state index contributed by atoms with van der Waals surface area (Å²) in [7, 11) is 0. The molecule has 0 aliphatic heterocycles. The summed E-state index contributed by atoms with van der Waals surface area (Å²) < 4.78 is 5.60. The van der Waals surface area contributed by atoms with Crippen LogP contribution in [0.5, 0.6) is 0 Å². The Morgan fingerprint density at radius 2 is 1.84 bits per heavy atom. The predicted molar refractivity (Wildman–Crippen MR) is 79.7 cm³/mol. The van der Waals surface area contributed by atoms with Crippen LogP contribution in [0.1, 0.15) is 58.6 Å². The van der Waals surface area contributed by atoms with Crippen LogP contribution in [-0.4, -0.2) is 4.98 Å². The highest BCUT2D eigenvalue weighted by atomic mass is 32.1. The summed E-state index contributed by atoms with van der Waals surface area (Å²) in [5.41, 5.74) is 2.37. The van der Waals surface area contributed by atoms with E-state index in [4.69, 9.17) is 4.42 Å². The van der Waals surface area contributed by atoms with Crippen LogP contribution >= 0.6 is 11.3 Å². The molecule has 0 amide bonds. The van der Waals surface area contributed by atoms with Crippen LogP contribution in [0.4, 0.5) is 0 Å². The molecule has 0 bridgehead atoms. The Bertz CT molecular complexity index is 520. The van der Waals surface area contributed by atoms with Crippen LogP contribution in [0, 0.1) is 27.7 Å². The number of hydrogen-bond donors (Lipinski definition) is 1. The van der Waals surface area contributed by atoms with E-state index in [0.717, 1.165) is 22.2 Å². The van der Waals surface area contributed by atoms with E-state index in [9.17, 15) is 0 Å². The van der Waals surface area contributed by atoms with Gasteiger partial charge in [0.15, 0.2) is 0 Å². The SMILES string of the molecule is Cc1cc(C(C)NC(C)c2sc(C)nc2C)c(C)o1. The van der Waals surface area contributed by atoms with Gasteiger partial charge in [-0.05, 0) is 47.6 Å². The Kier molecular flexibility index (Phi) is 4.11. The molecular weight excluding hydrogens is 256 g/mol. The lowest BCUT2D eigenvalue weighted by molar-refractivity contribution is 0.470. The van der Waals surface area contributed by atoms with Gasteiger partial charge in [-0.1, -0.05) is 0 Å². The predicted octanol–water partition coefficient (Wildman–Crippen LogP) is 4.38. The molecule has 0 aliphatic rings. The van der Waals surface area contributed by atoms with Crippen LogP contribution in [0.3, 0.4) is 0 Å². The molecule has 2 rings (SSSR count). The zero-order valence-electron chi connectivity index (χ0n) is 12.5. The van der Waals surface area contributed by atoms with Gasteiger partial charge in [-0.2, -0.15) is 0 Å². The first-order valence-electron chi connectivity index (χ1n) is 6.65. The summed E-state index contributed by atoms with van der Waals surface area (Å²) in [6.45, 7) is 12.5. The summed E-state index contributed by atoms with van der Waals surface area (Å²) in [5, 5.41) is 4.76. The number of nitrogens with zero attached hydrogens (tertiary/aromatic N) is 1. The minimum absolute atomic E-state index is 0.272. The Balaban J connectivity index is 2.12. The zero-order valence-corrected chi connectivity index (χ0v) is 13.3. The standard InChI is InChI=1S/C15H22N2OS/c1-8-7-14(12(5)18-8)9(2)16-10(3)15-11(4)17-13(6)19-15/h7,9-10,16H,1-6H3. The zero-order chi connectivity index (χ0) is 14.2. The highest BCUT2D eigenvalue weighted by Gasteiger charge is 2.18. The van der Waals surface area contributed by atoms with Gasteiger partial charge < -0.3 is 9.73 Å². The van der Waals surface area contributed by atoms with E-state index in [1.54, 1.807) is 11.3 Å². The molecule has 0 spiro atoms. The van der Waals surface area contributed by atoms with Crippen molar-refractivity contribution in [2.75, 3.05) is 0 Å². The molecule has 19 heavy (non-hydrogen) atoms. The fourth-order valence-electron chi connectivity index (χ4n) is 2.57. The average Bonchev–Trinajstić information content (AvgIpc) is 2.81. The third kappa shape index (κ3) is 3.07. The second-order valence-corrected chi connectivity index (χ2v) is 6.40. The third-order valence-electron chi connectivity index (χ3n) is 3.38. The van der Waals surface area contributed by atoms with Gasteiger partial charge in [-0.15, -0.1) is 11.3 Å². The number of hydrogen-bond acceptors (Lipinski definition) is 4. The average molecular weight is 278 g/mol. The first-order valence-corrected chi connectivity index (χ1v) is 7.47. The normalized spacial score (nSPS) is 14.6. The van der Waals surface area contributed by atoms with Crippen LogP contribution < -0.4 is 5.32 Å². The molecule has 2 atom stereocenters. The lowest BCUT2D eigenvalue weighted by atomic mass is 10.1. The molecule has 0 fully saturated rings. The molecule has 2 aromatic heterocycles.